The molecule has 0 saturated carbocycles. The Labute approximate surface area is 288 Å². The van der Waals surface area contributed by atoms with Crippen molar-refractivity contribution < 1.29 is 37.0 Å². The third-order valence-corrected chi connectivity index (χ3v) is 9.54. The molecule has 0 bridgehead atoms. The number of rotatable bonds is 17. The second-order valence-electron chi connectivity index (χ2n) is 10.9. The van der Waals surface area contributed by atoms with Crippen LogP contribution in [0, 0.1) is 0 Å². The summed E-state index contributed by atoms with van der Waals surface area (Å²) in [7, 11) is 0.0314. The number of ether oxygens (including phenoxy) is 4. The zero-order chi connectivity index (χ0) is 35.4. The molecule has 0 radical (unpaired) electrons. The van der Waals surface area contributed by atoms with Crippen molar-refractivity contribution in [1.82, 2.24) is 10.2 Å². The Balaban J connectivity index is 1.83. The van der Waals surface area contributed by atoms with Gasteiger partial charge in [0.1, 0.15) is 24.1 Å². The van der Waals surface area contributed by atoms with Crippen LogP contribution in [0.25, 0.3) is 0 Å². The number of likely N-dealkylation sites (N-methyl/N-ethyl adjacent to an activating group) is 1. The van der Waals surface area contributed by atoms with Crippen LogP contribution in [0.15, 0.2) is 102 Å². The van der Waals surface area contributed by atoms with Crippen molar-refractivity contribution in [3.8, 4) is 23.0 Å². The zero-order valence-corrected chi connectivity index (χ0v) is 29.2. The summed E-state index contributed by atoms with van der Waals surface area (Å²) in [5.74, 6) is 0.723. The summed E-state index contributed by atoms with van der Waals surface area (Å²) in [6.45, 7) is 3.81. The molecule has 2 amide bonds. The molecule has 0 unspecified atom stereocenters. The van der Waals surface area contributed by atoms with E-state index in [0.717, 1.165) is 9.87 Å². The summed E-state index contributed by atoms with van der Waals surface area (Å²) >= 11 is 0. The standard InChI is InChI=1S/C37H43N3O8S/c1-6-38-37(42)33(23-27-12-9-8-10-13-27)39(25-28-14-11-15-31(22-28)45-3)36(41)26-40(29-16-18-30(19-17-29)48-7-2)49(43,44)32-20-21-34(46-4)35(24-32)47-5/h8-22,24,33H,6-7,23,25-26H2,1-5H3,(H,38,42)/t33-/m1/s1. The predicted molar refractivity (Wildman–Crippen MR) is 188 cm³/mol. The highest BCUT2D eigenvalue weighted by Crippen LogP contribution is 2.33. The van der Waals surface area contributed by atoms with E-state index >= 15 is 0 Å². The van der Waals surface area contributed by atoms with Crippen molar-refractivity contribution in [1.29, 1.82) is 0 Å². The molecule has 0 aliphatic carbocycles. The Bertz CT molecular complexity index is 1800. The lowest BCUT2D eigenvalue weighted by atomic mass is 10.0. The summed E-state index contributed by atoms with van der Waals surface area (Å²) in [4.78, 5) is 29.7. The number of benzene rings is 4. The first kappa shape index (κ1) is 36.6. The number of sulfonamides is 1. The topological polar surface area (TPSA) is 124 Å². The van der Waals surface area contributed by atoms with Gasteiger partial charge in [0, 0.05) is 25.6 Å². The molecule has 11 nitrogen and oxygen atoms in total. The number of carbonyl (C=O) groups excluding carboxylic acids is 2. The quantitative estimate of drug-likeness (QED) is 0.163. The third-order valence-electron chi connectivity index (χ3n) is 7.77. The fourth-order valence-corrected chi connectivity index (χ4v) is 6.75. The fourth-order valence-electron chi connectivity index (χ4n) is 5.32. The van der Waals surface area contributed by atoms with Gasteiger partial charge in [-0.25, -0.2) is 8.42 Å². The van der Waals surface area contributed by atoms with Crippen LogP contribution >= 0.6 is 0 Å². The van der Waals surface area contributed by atoms with Crippen LogP contribution in [-0.4, -0.2) is 72.2 Å². The van der Waals surface area contributed by atoms with Gasteiger partial charge in [0.25, 0.3) is 10.0 Å². The van der Waals surface area contributed by atoms with Gasteiger partial charge in [-0.05, 0) is 73.5 Å². The summed E-state index contributed by atoms with van der Waals surface area (Å²) in [5.41, 5.74) is 1.76. The molecule has 260 valence electrons. The minimum atomic E-state index is -4.38. The first-order valence-corrected chi connectivity index (χ1v) is 17.3. The first-order chi connectivity index (χ1) is 23.6. The molecular weight excluding hydrogens is 646 g/mol. The monoisotopic (exact) mass is 689 g/mol. The van der Waals surface area contributed by atoms with Gasteiger partial charge in [-0.1, -0.05) is 42.5 Å². The fraction of sp³-hybridized carbons (Fsp3) is 0.297. The highest BCUT2D eigenvalue weighted by Gasteiger charge is 2.35. The average molecular weight is 690 g/mol. The summed E-state index contributed by atoms with van der Waals surface area (Å²) in [6.07, 6.45) is 0.202. The Hall–Kier alpha value is -5.23. The maximum Gasteiger partial charge on any atom is 0.264 e. The molecule has 12 heteroatoms. The largest absolute Gasteiger partial charge is 0.497 e. The van der Waals surface area contributed by atoms with E-state index in [1.165, 1.54) is 37.3 Å². The molecule has 0 heterocycles. The van der Waals surface area contributed by atoms with Crippen LogP contribution < -0.4 is 28.6 Å². The van der Waals surface area contributed by atoms with Gasteiger partial charge >= 0.3 is 0 Å². The van der Waals surface area contributed by atoms with Gasteiger partial charge in [0.05, 0.1) is 38.5 Å². The molecule has 49 heavy (non-hydrogen) atoms. The Morgan fingerprint density at radius 2 is 1.45 bits per heavy atom. The molecule has 4 aromatic rings. The molecule has 0 spiro atoms. The van der Waals surface area contributed by atoms with E-state index in [9.17, 15) is 18.0 Å². The minimum absolute atomic E-state index is 0.0121. The molecule has 0 saturated heterocycles. The number of nitrogens with zero attached hydrogens (tertiary/aromatic N) is 2. The normalized spacial score (nSPS) is 11.6. The van der Waals surface area contributed by atoms with Crippen LogP contribution in [0.5, 0.6) is 23.0 Å². The molecule has 0 aromatic heterocycles. The summed E-state index contributed by atoms with van der Waals surface area (Å²) < 4.78 is 51.6. The molecule has 4 rings (SSSR count). The lowest BCUT2D eigenvalue weighted by molar-refractivity contribution is -0.140. The van der Waals surface area contributed by atoms with E-state index in [0.29, 0.717) is 36.0 Å². The lowest BCUT2D eigenvalue weighted by Crippen LogP contribution is -2.53. The summed E-state index contributed by atoms with van der Waals surface area (Å²) in [6, 6.07) is 26.2. The second-order valence-corrected chi connectivity index (χ2v) is 12.8. The Kier molecular flexibility index (Phi) is 12.9. The number of anilines is 1. The molecule has 1 N–H and O–H groups in total. The first-order valence-electron chi connectivity index (χ1n) is 15.9. The molecule has 4 aromatic carbocycles. The maximum atomic E-state index is 14.6. The maximum absolute atomic E-state index is 14.6. The van der Waals surface area contributed by atoms with Crippen molar-refractivity contribution in [2.75, 3.05) is 45.3 Å². The molecule has 0 aliphatic rings. The number of methoxy groups -OCH3 is 3. The number of carbonyl (C=O) groups is 2. The summed E-state index contributed by atoms with van der Waals surface area (Å²) in [5, 5.41) is 2.86. The molecule has 0 fully saturated rings. The molecule has 1 atom stereocenters. The van der Waals surface area contributed by atoms with Crippen molar-refractivity contribution >= 4 is 27.5 Å². The van der Waals surface area contributed by atoms with Gasteiger partial charge < -0.3 is 29.2 Å². The number of hydrogen-bond acceptors (Lipinski definition) is 8. The molecule has 0 aliphatic heterocycles. The van der Waals surface area contributed by atoms with Crippen molar-refractivity contribution in [3.05, 3.63) is 108 Å². The van der Waals surface area contributed by atoms with Crippen molar-refractivity contribution in [2.45, 2.75) is 37.8 Å². The van der Waals surface area contributed by atoms with E-state index in [1.54, 1.807) is 56.5 Å². The Morgan fingerprint density at radius 3 is 2.08 bits per heavy atom. The third kappa shape index (κ3) is 9.23. The number of hydrogen-bond donors (Lipinski definition) is 1. The number of nitrogens with one attached hydrogen (secondary N) is 1. The zero-order valence-electron chi connectivity index (χ0n) is 28.4. The predicted octanol–water partition coefficient (Wildman–Crippen LogP) is 5.08. The SMILES string of the molecule is CCNC(=O)[C@@H](Cc1ccccc1)N(Cc1cccc(OC)c1)C(=O)CN(c1ccc(OCC)cc1)S(=O)(=O)c1ccc(OC)c(OC)c1. The van der Waals surface area contributed by atoms with E-state index in [2.05, 4.69) is 5.32 Å². The highest BCUT2D eigenvalue weighted by molar-refractivity contribution is 7.92. The van der Waals surface area contributed by atoms with E-state index in [4.69, 9.17) is 18.9 Å². The smallest absolute Gasteiger partial charge is 0.264 e. The van der Waals surface area contributed by atoms with E-state index in [1.807, 2.05) is 43.3 Å². The van der Waals surface area contributed by atoms with Gasteiger partial charge in [-0.15, -0.1) is 0 Å². The van der Waals surface area contributed by atoms with Crippen molar-refractivity contribution in [2.24, 2.45) is 0 Å². The van der Waals surface area contributed by atoms with E-state index in [-0.39, 0.29) is 35.2 Å². The van der Waals surface area contributed by atoms with Crippen LogP contribution in [-0.2, 0) is 32.6 Å². The van der Waals surface area contributed by atoms with Gasteiger partial charge in [0.2, 0.25) is 11.8 Å². The minimum Gasteiger partial charge on any atom is -0.497 e. The van der Waals surface area contributed by atoms with Crippen LogP contribution in [0.3, 0.4) is 0 Å². The van der Waals surface area contributed by atoms with Crippen LogP contribution in [0.2, 0.25) is 0 Å². The highest BCUT2D eigenvalue weighted by atomic mass is 32.2. The second kappa shape index (κ2) is 17.3. The van der Waals surface area contributed by atoms with Gasteiger partial charge in [-0.2, -0.15) is 0 Å². The van der Waals surface area contributed by atoms with Gasteiger partial charge in [-0.3, -0.25) is 13.9 Å². The number of amides is 2. The molecular formula is C37H43N3O8S. The van der Waals surface area contributed by atoms with Crippen LogP contribution in [0.4, 0.5) is 5.69 Å². The average Bonchev–Trinajstić information content (AvgIpc) is 3.12. The Morgan fingerprint density at radius 1 is 0.755 bits per heavy atom. The lowest BCUT2D eigenvalue weighted by Gasteiger charge is -2.34. The van der Waals surface area contributed by atoms with Gasteiger partial charge in [0.15, 0.2) is 11.5 Å². The van der Waals surface area contributed by atoms with Crippen LogP contribution in [0.1, 0.15) is 25.0 Å². The van der Waals surface area contributed by atoms with E-state index < -0.39 is 28.5 Å². The van der Waals surface area contributed by atoms with Crippen molar-refractivity contribution in [3.63, 3.8) is 0 Å².